The number of thiocarbonyl (C=S) groups is 1. The van der Waals surface area contributed by atoms with E-state index in [1.165, 1.54) is 12.1 Å². The lowest BCUT2D eigenvalue weighted by molar-refractivity contribution is -0.137. The third-order valence-corrected chi connectivity index (χ3v) is 8.09. The van der Waals surface area contributed by atoms with Gasteiger partial charge < -0.3 is 19.5 Å². The molecule has 0 saturated carbocycles. The van der Waals surface area contributed by atoms with Crippen LogP contribution in [0.1, 0.15) is 45.9 Å². The second-order valence-electron chi connectivity index (χ2n) is 10.5. The zero-order valence-corrected chi connectivity index (χ0v) is 24.6. The Morgan fingerprint density at radius 2 is 1.56 bits per heavy atom. The van der Waals surface area contributed by atoms with Gasteiger partial charge in [0.25, 0.3) is 0 Å². The smallest absolute Gasteiger partial charge is 0.418 e. The Balaban J connectivity index is 1.44. The molecule has 5 aromatic rings. The molecule has 5 nitrogen and oxygen atoms in total. The van der Waals surface area contributed by atoms with Crippen LogP contribution in [0, 0.1) is 20.8 Å². The number of ether oxygens (including phenoxy) is 1. The molecule has 1 aliphatic rings. The predicted molar refractivity (Wildman–Crippen MR) is 166 cm³/mol. The highest BCUT2D eigenvalue weighted by Crippen LogP contribution is 2.45. The number of rotatable bonds is 6. The first-order valence-electron chi connectivity index (χ1n) is 13.8. The molecule has 2 atom stereocenters. The third-order valence-electron chi connectivity index (χ3n) is 7.77. The Morgan fingerprint density at radius 1 is 0.860 bits per heavy atom. The largest absolute Gasteiger partial charge is 0.457 e. The average molecular weight is 599 g/mol. The molecular formula is C34H29F3N4OS. The SMILES string of the molecule is Cc1ccccc1Oc1ccc(N2C(=S)NC(c3ccccn3)C2c2cc(C)n(-c3ccccc3C(F)(F)F)c2C)cc1. The van der Waals surface area contributed by atoms with Crippen LogP contribution in [-0.4, -0.2) is 14.7 Å². The van der Waals surface area contributed by atoms with Crippen molar-refractivity contribution >= 4 is 23.0 Å². The summed E-state index contributed by atoms with van der Waals surface area (Å²) in [4.78, 5) is 6.62. The van der Waals surface area contributed by atoms with Gasteiger partial charge in [-0.05, 0) is 105 Å². The van der Waals surface area contributed by atoms with Crippen molar-refractivity contribution in [2.45, 2.75) is 39.0 Å². The molecule has 0 aliphatic carbocycles. The summed E-state index contributed by atoms with van der Waals surface area (Å²) >= 11 is 5.88. The van der Waals surface area contributed by atoms with Crippen LogP contribution < -0.4 is 15.0 Å². The Labute approximate surface area is 253 Å². The predicted octanol–water partition coefficient (Wildman–Crippen LogP) is 8.79. The van der Waals surface area contributed by atoms with Gasteiger partial charge >= 0.3 is 6.18 Å². The number of alkyl halides is 3. The van der Waals surface area contributed by atoms with Crippen LogP contribution in [0.5, 0.6) is 11.5 Å². The van der Waals surface area contributed by atoms with E-state index in [1.807, 2.05) is 98.5 Å². The number of benzene rings is 3. The van der Waals surface area contributed by atoms with Crippen LogP contribution in [0.25, 0.3) is 5.69 Å². The van der Waals surface area contributed by atoms with Crippen LogP contribution in [0.2, 0.25) is 0 Å². The standard InChI is InChI=1S/C34H29F3N4OS/c1-21-10-4-7-14-30(21)42-25-17-15-24(16-18-25)41-32(31(39-33(41)43)28-12-8-9-19-38-28)26-20-22(2)40(23(26)3)29-13-6-5-11-27(29)34(35,36)37/h4-20,31-32H,1-3H3,(H,39,43). The molecule has 218 valence electrons. The van der Waals surface area contributed by atoms with Crippen molar-refractivity contribution in [2.24, 2.45) is 0 Å². The van der Waals surface area contributed by atoms with E-state index >= 15 is 0 Å². The quantitative estimate of drug-likeness (QED) is 0.198. The third kappa shape index (κ3) is 5.36. The molecule has 1 aliphatic heterocycles. The van der Waals surface area contributed by atoms with Crippen molar-refractivity contribution < 1.29 is 17.9 Å². The van der Waals surface area contributed by atoms with Crippen LogP contribution >= 0.6 is 12.2 Å². The molecule has 1 N–H and O–H groups in total. The summed E-state index contributed by atoms with van der Waals surface area (Å²) in [7, 11) is 0. The molecule has 9 heteroatoms. The summed E-state index contributed by atoms with van der Waals surface area (Å²) in [6.45, 7) is 5.66. The lowest BCUT2D eigenvalue weighted by Crippen LogP contribution is -2.29. The molecule has 2 unspecified atom stereocenters. The van der Waals surface area contributed by atoms with Gasteiger partial charge in [-0.3, -0.25) is 4.98 Å². The van der Waals surface area contributed by atoms with Crippen molar-refractivity contribution in [3.8, 4) is 17.2 Å². The van der Waals surface area contributed by atoms with E-state index in [0.29, 0.717) is 22.2 Å². The van der Waals surface area contributed by atoms with Crippen LogP contribution in [0.15, 0.2) is 103 Å². The van der Waals surface area contributed by atoms with Gasteiger partial charge in [-0.25, -0.2) is 0 Å². The molecule has 0 spiro atoms. The first-order valence-corrected chi connectivity index (χ1v) is 14.2. The molecule has 0 amide bonds. The van der Waals surface area contributed by atoms with E-state index < -0.39 is 11.7 Å². The van der Waals surface area contributed by atoms with Crippen molar-refractivity contribution in [2.75, 3.05) is 4.90 Å². The van der Waals surface area contributed by atoms with Gasteiger partial charge in [0, 0.05) is 23.3 Å². The first kappa shape index (κ1) is 28.5. The van der Waals surface area contributed by atoms with Crippen molar-refractivity contribution in [1.82, 2.24) is 14.9 Å². The summed E-state index contributed by atoms with van der Waals surface area (Å²) < 4.78 is 49.9. The number of pyridine rings is 1. The highest BCUT2D eigenvalue weighted by atomic mass is 32.1. The van der Waals surface area contributed by atoms with Gasteiger partial charge in [0.15, 0.2) is 5.11 Å². The number of nitrogens with zero attached hydrogens (tertiary/aromatic N) is 3. The summed E-state index contributed by atoms with van der Waals surface area (Å²) in [5, 5.41) is 3.93. The molecule has 0 radical (unpaired) electrons. The molecule has 3 aromatic carbocycles. The van der Waals surface area contributed by atoms with Crippen LogP contribution in [0.4, 0.5) is 18.9 Å². The number of aromatic nitrogens is 2. The van der Waals surface area contributed by atoms with E-state index in [2.05, 4.69) is 10.3 Å². The molecule has 1 saturated heterocycles. The average Bonchev–Trinajstić information content (AvgIpc) is 3.49. The molecular weight excluding hydrogens is 569 g/mol. The lowest BCUT2D eigenvalue weighted by atomic mass is 9.96. The summed E-state index contributed by atoms with van der Waals surface area (Å²) in [5.41, 5.74) is 4.24. The monoisotopic (exact) mass is 598 g/mol. The van der Waals surface area contributed by atoms with Crippen molar-refractivity contribution in [1.29, 1.82) is 0 Å². The molecule has 0 bridgehead atoms. The van der Waals surface area contributed by atoms with Crippen molar-refractivity contribution in [3.63, 3.8) is 0 Å². The summed E-state index contributed by atoms with van der Waals surface area (Å²) in [6.07, 6.45) is -2.78. The number of para-hydroxylation sites is 2. The normalized spacial score (nSPS) is 16.8. The first-order chi connectivity index (χ1) is 20.6. The van der Waals surface area contributed by atoms with E-state index in [4.69, 9.17) is 17.0 Å². The minimum absolute atomic E-state index is 0.0865. The fourth-order valence-corrected chi connectivity index (χ4v) is 6.13. The van der Waals surface area contributed by atoms with Gasteiger partial charge in [0.05, 0.1) is 29.0 Å². The Hall–Kier alpha value is -4.63. The van der Waals surface area contributed by atoms with Gasteiger partial charge in [-0.1, -0.05) is 36.4 Å². The topological polar surface area (TPSA) is 42.3 Å². The van der Waals surface area contributed by atoms with Gasteiger partial charge in [-0.15, -0.1) is 0 Å². The second kappa shape index (κ2) is 11.2. The number of aryl methyl sites for hydroxylation is 2. The van der Waals surface area contributed by atoms with Crippen LogP contribution in [0.3, 0.4) is 0 Å². The number of hydrogen-bond donors (Lipinski definition) is 1. The van der Waals surface area contributed by atoms with E-state index in [1.54, 1.807) is 16.8 Å². The fraction of sp³-hybridized carbons (Fsp3) is 0.176. The highest BCUT2D eigenvalue weighted by Gasteiger charge is 2.43. The lowest BCUT2D eigenvalue weighted by Gasteiger charge is -2.28. The maximum Gasteiger partial charge on any atom is 0.418 e. The van der Waals surface area contributed by atoms with E-state index in [9.17, 15) is 13.2 Å². The Kier molecular flexibility index (Phi) is 7.43. The van der Waals surface area contributed by atoms with Gasteiger partial charge in [0.2, 0.25) is 0 Å². The maximum atomic E-state index is 14.0. The molecule has 6 rings (SSSR count). The van der Waals surface area contributed by atoms with Crippen LogP contribution in [-0.2, 0) is 6.18 Å². The van der Waals surface area contributed by atoms with Gasteiger partial charge in [0.1, 0.15) is 11.5 Å². The number of anilines is 1. The van der Waals surface area contributed by atoms with Crippen molar-refractivity contribution in [3.05, 3.63) is 137 Å². The number of hydrogen-bond acceptors (Lipinski definition) is 3. The van der Waals surface area contributed by atoms with E-state index in [-0.39, 0.29) is 17.8 Å². The Bertz CT molecular complexity index is 1780. The maximum absolute atomic E-state index is 14.0. The van der Waals surface area contributed by atoms with Gasteiger partial charge in [-0.2, -0.15) is 13.2 Å². The minimum atomic E-state index is -4.50. The Morgan fingerprint density at radius 3 is 2.26 bits per heavy atom. The molecule has 43 heavy (non-hydrogen) atoms. The van der Waals surface area contributed by atoms with E-state index in [0.717, 1.165) is 34.3 Å². The second-order valence-corrected chi connectivity index (χ2v) is 10.9. The highest BCUT2D eigenvalue weighted by molar-refractivity contribution is 7.80. The molecule has 3 heterocycles. The summed E-state index contributed by atoms with van der Waals surface area (Å²) in [6, 6.07) is 28.0. The summed E-state index contributed by atoms with van der Waals surface area (Å²) in [5.74, 6) is 1.45. The number of nitrogens with one attached hydrogen (secondary N) is 1. The molecule has 2 aromatic heterocycles. The number of halogens is 3. The molecule has 1 fully saturated rings. The fourth-order valence-electron chi connectivity index (χ4n) is 5.79. The minimum Gasteiger partial charge on any atom is -0.457 e. The zero-order chi connectivity index (χ0) is 30.3. The zero-order valence-electron chi connectivity index (χ0n) is 23.8.